The van der Waals surface area contributed by atoms with Crippen molar-refractivity contribution in [1.82, 2.24) is 10.2 Å². The van der Waals surface area contributed by atoms with Gasteiger partial charge < -0.3 is 15.3 Å². The summed E-state index contributed by atoms with van der Waals surface area (Å²) in [6.45, 7) is 2.82. The molecule has 1 rings (SSSR count). The third-order valence-electron chi connectivity index (χ3n) is 2.62. The SMILES string of the molecule is CCNC(=O)CC(=O)N(CCO)Cc1ccccc1. The molecule has 5 nitrogen and oxygen atoms in total. The number of hydrogen-bond donors (Lipinski definition) is 2. The minimum atomic E-state index is -0.288. The fourth-order valence-electron chi connectivity index (χ4n) is 1.73. The van der Waals surface area contributed by atoms with Crippen molar-refractivity contribution in [1.29, 1.82) is 0 Å². The average molecular weight is 264 g/mol. The molecule has 5 heteroatoms. The summed E-state index contributed by atoms with van der Waals surface area (Å²) in [5.74, 6) is -0.563. The Morgan fingerprint density at radius 1 is 1.26 bits per heavy atom. The zero-order valence-electron chi connectivity index (χ0n) is 11.1. The van der Waals surface area contributed by atoms with Gasteiger partial charge in [0.15, 0.2) is 0 Å². The van der Waals surface area contributed by atoms with E-state index in [2.05, 4.69) is 5.32 Å². The van der Waals surface area contributed by atoms with Gasteiger partial charge in [0.2, 0.25) is 11.8 Å². The second-order valence-corrected chi connectivity index (χ2v) is 4.15. The van der Waals surface area contributed by atoms with Crippen LogP contribution in [0.3, 0.4) is 0 Å². The summed E-state index contributed by atoms with van der Waals surface area (Å²) in [7, 11) is 0. The zero-order chi connectivity index (χ0) is 14.1. The first-order valence-electron chi connectivity index (χ1n) is 6.36. The molecule has 1 aromatic carbocycles. The van der Waals surface area contributed by atoms with Crippen molar-refractivity contribution < 1.29 is 14.7 Å². The number of nitrogens with zero attached hydrogens (tertiary/aromatic N) is 1. The normalized spacial score (nSPS) is 10.0. The van der Waals surface area contributed by atoms with Crippen LogP contribution in [0.15, 0.2) is 30.3 Å². The summed E-state index contributed by atoms with van der Waals surface area (Å²) in [6, 6.07) is 9.49. The van der Waals surface area contributed by atoms with E-state index in [9.17, 15) is 9.59 Å². The van der Waals surface area contributed by atoms with E-state index in [0.29, 0.717) is 13.1 Å². The smallest absolute Gasteiger partial charge is 0.232 e. The van der Waals surface area contributed by atoms with Crippen molar-refractivity contribution in [2.24, 2.45) is 0 Å². The number of hydrogen-bond acceptors (Lipinski definition) is 3. The summed E-state index contributed by atoms with van der Waals surface area (Å²) >= 11 is 0. The summed E-state index contributed by atoms with van der Waals surface area (Å²) in [4.78, 5) is 24.9. The molecule has 0 aromatic heterocycles. The van der Waals surface area contributed by atoms with E-state index in [-0.39, 0.29) is 31.4 Å². The molecule has 0 spiro atoms. The Hall–Kier alpha value is -1.88. The number of aliphatic hydroxyl groups is 1. The van der Waals surface area contributed by atoms with Crippen molar-refractivity contribution in [3.63, 3.8) is 0 Å². The molecule has 2 N–H and O–H groups in total. The Balaban J connectivity index is 2.61. The van der Waals surface area contributed by atoms with Crippen LogP contribution in [0.2, 0.25) is 0 Å². The molecule has 0 fully saturated rings. The number of rotatable bonds is 7. The Kier molecular flexibility index (Phi) is 6.60. The molecule has 0 atom stereocenters. The summed E-state index contributed by atoms with van der Waals surface area (Å²) in [6.07, 6.45) is -0.180. The van der Waals surface area contributed by atoms with Gasteiger partial charge in [-0.05, 0) is 12.5 Å². The van der Waals surface area contributed by atoms with Crippen LogP contribution in [0.4, 0.5) is 0 Å². The molecule has 0 bridgehead atoms. The second-order valence-electron chi connectivity index (χ2n) is 4.15. The molecule has 19 heavy (non-hydrogen) atoms. The topological polar surface area (TPSA) is 69.6 Å². The Morgan fingerprint density at radius 3 is 2.53 bits per heavy atom. The van der Waals surface area contributed by atoms with E-state index in [1.165, 1.54) is 4.90 Å². The van der Waals surface area contributed by atoms with Gasteiger partial charge >= 0.3 is 0 Å². The Bertz CT molecular complexity index is 406. The van der Waals surface area contributed by atoms with Gasteiger partial charge in [0.25, 0.3) is 0 Å². The molecular weight excluding hydrogens is 244 g/mol. The molecule has 2 amide bonds. The van der Waals surface area contributed by atoms with Crippen molar-refractivity contribution in [3.8, 4) is 0 Å². The molecule has 0 aliphatic heterocycles. The number of benzene rings is 1. The zero-order valence-corrected chi connectivity index (χ0v) is 11.1. The maximum atomic E-state index is 12.0. The van der Waals surface area contributed by atoms with Gasteiger partial charge in [-0.15, -0.1) is 0 Å². The van der Waals surface area contributed by atoms with E-state index in [1.807, 2.05) is 30.3 Å². The van der Waals surface area contributed by atoms with Gasteiger partial charge in [-0.25, -0.2) is 0 Å². The quantitative estimate of drug-likeness (QED) is 0.706. The molecule has 1 aromatic rings. The maximum Gasteiger partial charge on any atom is 0.232 e. The lowest BCUT2D eigenvalue weighted by Gasteiger charge is -2.21. The van der Waals surface area contributed by atoms with Gasteiger partial charge in [0, 0.05) is 19.6 Å². The average Bonchev–Trinajstić information content (AvgIpc) is 2.39. The lowest BCUT2D eigenvalue weighted by molar-refractivity contribution is -0.136. The van der Waals surface area contributed by atoms with E-state index in [0.717, 1.165) is 5.56 Å². The molecule has 0 saturated carbocycles. The third kappa shape index (κ3) is 5.52. The number of amides is 2. The predicted molar refractivity (Wildman–Crippen MR) is 72.2 cm³/mol. The summed E-state index contributed by atoms with van der Waals surface area (Å²) in [5, 5.41) is 11.6. The molecule has 0 saturated heterocycles. The maximum absolute atomic E-state index is 12.0. The molecule has 0 unspecified atom stereocenters. The first kappa shape index (κ1) is 15.2. The number of aliphatic hydroxyl groups excluding tert-OH is 1. The van der Waals surface area contributed by atoms with Crippen LogP contribution in [0, 0.1) is 0 Å². The van der Waals surface area contributed by atoms with Gasteiger partial charge in [-0.3, -0.25) is 9.59 Å². The monoisotopic (exact) mass is 264 g/mol. The van der Waals surface area contributed by atoms with E-state index >= 15 is 0 Å². The lowest BCUT2D eigenvalue weighted by Crippen LogP contribution is -2.37. The first-order valence-corrected chi connectivity index (χ1v) is 6.36. The van der Waals surface area contributed by atoms with Crippen LogP contribution in [0.25, 0.3) is 0 Å². The Labute approximate surface area is 113 Å². The van der Waals surface area contributed by atoms with E-state index in [4.69, 9.17) is 5.11 Å². The van der Waals surface area contributed by atoms with Crippen LogP contribution in [0.1, 0.15) is 18.9 Å². The molecule has 0 aliphatic rings. The number of nitrogens with one attached hydrogen (secondary N) is 1. The first-order chi connectivity index (χ1) is 9.17. The Morgan fingerprint density at radius 2 is 1.95 bits per heavy atom. The fraction of sp³-hybridized carbons (Fsp3) is 0.429. The highest BCUT2D eigenvalue weighted by atomic mass is 16.3. The highest BCUT2D eigenvalue weighted by molar-refractivity contribution is 5.96. The molecule has 0 heterocycles. The van der Waals surface area contributed by atoms with Crippen LogP contribution in [-0.4, -0.2) is 41.5 Å². The molecular formula is C14H20N2O3. The van der Waals surface area contributed by atoms with Crippen LogP contribution in [-0.2, 0) is 16.1 Å². The predicted octanol–water partition coefficient (Wildman–Crippen LogP) is 0.534. The van der Waals surface area contributed by atoms with Crippen molar-refractivity contribution >= 4 is 11.8 Å². The lowest BCUT2D eigenvalue weighted by atomic mass is 10.2. The van der Waals surface area contributed by atoms with Crippen LogP contribution >= 0.6 is 0 Å². The summed E-state index contributed by atoms with van der Waals surface area (Å²) in [5.41, 5.74) is 0.972. The standard InChI is InChI=1S/C14H20N2O3/c1-2-15-13(18)10-14(19)16(8-9-17)11-12-6-4-3-5-7-12/h3-7,17H,2,8-11H2,1H3,(H,15,18). The second kappa shape index (κ2) is 8.26. The van der Waals surface area contributed by atoms with E-state index in [1.54, 1.807) is 6.92 Å². The molecule has 0 aliphatic carbocycles. The number of carbonyl (C=O) groups excluding carboxylic acids is 2. The van der Waals surface area contributed by atoms with Gasteiger partial charge in [-0.1, -0.05) is 30.3 Å². The molecule has 0 radical (unpaired) electrons. The molecule has 104 valence electrons. The van der Waals surface area contributed by atoms with Crippen molar-refractivity contribution in [2.75, 3.05) is 19.7 Å². The fourth-order valence-corrected chi connectivity index (χ4v) is 1.73. The van der Waals surface area contributed by atoms with Crippen LogP contribution < -0.4 is 5.32 Å². The van der Waals surface area contributed by atoms with E-state index < -0.39 is 0 Å². The highest BCUT2D eigenvalue weighted by Crippen LogP contribution is 2.05. The van der Waals surface area contributed by atoms with Crippen LogP contribution in [0.5, 0.6) is 0 Å². The van der Waals surface area contributed by atoms with Crippen molar-refractivity contribution in [2.45, 2.75) is 19.9 Å². The summed E-state index contributed by atoms with van der Waals surface area (Å²) < 4.78 is 0. The number of carbonyl (C=O) groups is 2. The van der Waals surface area contributed by atoms with Gasteiger partial charge in [0.05, 0.1) is 6.61 Å². The van der Waals surface area contributed by atoms with Gasteiger partial charge in [-0.2, -0.15) is 0 Å². The third-order valence-corrected chi connectivity index (χ3v) is 2.62. The largest absolute Gasteiger partial charge is 0.395 e. The van der Waals surface area contributed by atoms with Gasteiger partial charge in [0.1, 0.15) is 6.42 Å². The van der Waals surface area contributed by atoms with Crippen molar-refractivity contribution in [3.05, 3.63) is 35.9 Å². The highest BCUT2D eigenvalue weighted by Gasteiger charge is 2.16. The minimum Gasteiger partial charge on any atom is -0.395 e. The minimum absolute atomic E-state index is 0.117.